The number of nitrogens with one attached hydrogen (secondary N) is 1. The zero-order valence-corrected chi connectivity index (χ0v) is 14.1. The fourth-order valence-corrected chi connectivity index (χ4v) is 4.36. The second kappa shape index (κ2) is 7.79. The van der Waals surface area contributed by atoms with Crippen molar-refractivity contribution in [2.45, 2.75) is 90.1 Å². The number of hydrogen-bond acceptors (Lipinski definition) is 2. The van der Waals surface area contributed by atoms with Gasteiger partial charge in [-0.25, -0.2) is 0 Å². The fraction of sp³-hybridized carbons (Fsp3) is 1.00. The summed E-state index contributed by atoms with van der Waals surface area (Å²) in [4.78, 5) is 2.86. The van der Waals surface area contributed by atoms with Gasteiger partial charge in [-0.15, -0.1) is 0 Å². The van der Waals surface area contributed by atoms with Crippen molar-refractivity contribution in [1.82, 2.24) is 10.2 Å². The fourth-order valence-electron chi connectivity index (χ4n) is 4.36. The average Bonchev–Trinajstić information content (AvgIpc) is 2.49. The van der Waals surface area contributed by atoms with Crippen molar-refractivity contribution in [3.05, 3.63) is 0 Å². The molecule has 2 fully saturated rings. The molecule has 1 aliphatic heterocycles. The van der Waals surface area contributed by atoms with Crippen molar-refractivity contribution in [2.24, 2.45) is 5.92 Å². The molecule has 0 spiro atoms. The predicted molar refractivity (Wildman–Crippen MR) is 88.2 cm³/mol. The summed E-state index contributed by atoms with van der Waals surface area (Å²) < 4.78 is 0. The SMILES string of the molecule is CCC(NCC1(N2CCCCC2)CCCCC1)C(C)C. The Morgan fingerprint density at radius 1 is 0.950 bits per heavy atom. The molecule has 118 valence electrons. The van der Waals surface area contributed by atoms with Crippen LogP contribution in [0.5, 0.6) is 0 Å². The van der Waals surface area contributed by atoms with Crippen LogP contribution < -0.4 is 5.32 Å². The number of hydrogen-bond donors (Lipinski definition) is 1. The maximum Gasteiger partial charge on any atom is 0.0334 e. The van der Waals surface area contributed by atoms with Crippen molar-refractivity contribution in [1.29, 1.82) is 0 Å². The summed E-state index contributed by atoms with van der Waals surface area (Å²) in [6, 6.07) is 0.693. The Bertz CT molecular complexity index is 263. The number of piperidine rings is 1. The zero-order chi connectivity index (χ0) is 14.4. The molecule has 0 radical (unpaired) electrons. The molecular weight excluding hydrogens is 244 g/mol. The third kappa shape index (κ3) is 3.98. The van der Waals surface area contributed by atoms with Crippen LogP contribution in [0.2, 0.25) is 0 Å². The van der Waals surface area contributed by atoms with Gasteiger partial charge in [0.25, 0.3) is 0 Å². The van der Waals surface area contributed by atoms with Gasteiger partial charge in [0.2, 0.25) is 0 Å². The van der Waals surface area contributed by atoms with Crippen molar-refractivity contribution >= 4 is 0 Å². The lowest BCUT2D eigenvalue weighted by Gasteiger charge is -2.49. The maximum atomic E-state index is 3.94. The third-order valence-corrected chi connectivity index (χ3v) is 5.75. The molecule has 0 bridgehead atoms. The van der Waals surface area contributed by atoms with Gasteiger partial charge >= 0.3 is 0 Å². The Labute approximate surface area is 126 Å². The van der Waals surface area contributed by atoms with Crippen LogP contribution in [0.3, 0.4) is 0 Å². The molecule has 1 saturated heterocycles. The van der Waals surface area contributed by atoms with Crippen LogP contribution in [0.15, 0.2) is 0 Å². The van der Waals surface area contributed by atoms with E-state index >= 15 is 0 Å². The van der Waals surface area contributed by atoms with Crippen LogP contribution in [-0.4, -0.2) is 36.1 Å². The highest BCUT2D eigenvalue weighted by Gasteiger charge is 2.38. The van der Waals surface area contributed by atoms with E-state index in [1.54, 1.807) is 0 Å². The molecule has 20 heavy (non-hydrogen) atoms. The second-order valence-electron chi connectivity index (χ2n) is 7.47. The minimum absolute atomic E-state index is 0.487. The minimum atomic E-state index is 0.487. The van der Waals surface area contributed by atoms with E-state index in [0.29, 0.717) is 11.6 Å². The summed E-state index contributed by atoms with van der Waals surface area (Å²) in [6.45, 7) is 11.0. The smallest absolute Gasteiger partial charge is 0.0334 e. The lowest BCUT2D eigenvalue weighted by molar-refractivity contribution is 0.0300. The lowest BCUT2D eigenvalue weighted by Crippen LogP contribution is -2.58. The largest absolute Gasteiger partial charge is 0.312 e. The van der Waals surface area contributed by atoms with Crippen LogP contribution in [-0.2, 0) is 0 Å². The van der Waals surface area contributed by atoms with Crippen molar-refractivity contribution in [2.75, 3.05) is 19.6 Å². The molecule has 1 saturated carbocycles. The van der Waals surface area contributed by atoms with E-state index in [0.717, 1.165) is 5.92 Å². The Morgan fingerprint density at radius 3 is 2.10 bits per heavy atom. The van der Waals surface area contributed by atoms with E-state index in [2.05, 4.69) is 31.0 Å². The quantitative estimate of drug-likeness (QED) is 0.784. The van der Waals surface area contributed by atoms with Gasteiger partial charge in [0, 0.05) is 18.1 Å². The third-order valence-electron chi connectivity index (χ3n) is 5.75. The Hall–Kier alpha value is -0.0800. The van der Waals surface area contributed by atoms with Crippen molar-refractivity contribution < 1.29 is 0 Å². The van der Waals surface area contributed by atoms with Crippen molar-refractivity contribution in [3.8, 4) is 0 Å². The second-order valence-corrected chi connectivity index (χ2v) is 7.47. The van der Waals surface area contributed by atoms with Gasteiger partial charge in [0.15, 0.2) is 0 Å². The van der Waals surface area contributed by atoms with Crippen LogP contribution in [0.4, 0.5) is 0 Å². The first-order valence-corrected chi connectivity index (χ1v) is 9.16. The van der Waals surface area contributed by atoms with Crippen LogP contribution in [0, 0.1) is 5.92 Å². The molecule has 0 aromatic carbocycles. The van der Waals surface area contributed by atoms with E-state index in [1.165, 1.54) is 77.4 Å². The van der Waals surface area contributed by atoms with Gasteiger partial charge in [0.05, 0.1) is 0 Å². The highest BCUT2D eigenvalue weighted by Crippen LogP contribution is 2.35. The monoisotopic (exact) mass is 280 g/mol. The maximum absolute atomic E-state index is 3.94. The van der Waals surface area contributed by atoms with Crippen LogP contribution >= 0.6 is 0 Å². The molecule has 1 aliphatic carbocycles. The molecule has 2 aliphatic rings. The van der Waals surface area contributed by atoms with Crippen LogP contribution in [0.1, 0.15) is 78.6 Å². The first-order chi connectivity index (χ1) is 9.68. The van der Waals surface area contributed by atoms with Gasteiger partial charge in [-0.3, -0.25) is 4.90 Å². The minimum Gasteiger partial charge on any atom is -0.312 e. The summed E-state index contributed by atoms with van der Waals surface area (Å²) >= 11 is 0. The molecule has 2 rings (SSSR count). The molecule has 2 nitrogen and oxygen atoms in total. The highest BCUT2D eigenvalue weighted by atomic mass is 15.2. The number of likely N-dealkylation sites (tertiary alicyclic amines) is 1. The van der Waals surface area contributed by atoms with Gasteiger partial charge < -0.3 is 5.32 Å². The summed E-state index contributed by atoms with van der Waals surface area (Å²) in [5, 5.41) is 3.94. The van der Waals surface area contributed by atoms with Gasteiger partial charge in [-0.05, 0) is 51.1 Å². The molecule has 1 atom stereocenters. The molecule has 0 amide bonds. The molecular formula is C18H36N2. The Balaban J connectivity index is 1.98. The first-order valence-electron chi connectivity index (χ1n) is 9.16. The number of rotatable bonds is 6. The summed E-state index contributed by atoms with van der Waals surface area (Å²) in [5.41, 5.74) is 0.487. The molecule has 1 heterocycles. The molecule has 1 unspecified atom stereocenters. The van der Waals surface area contributed by atoms with Gasteiger partial charge in [-0.2, -0.15) is 0 Å². The summed E-state index contributed by atoms with van der Waals surface area (Å²) in [6.07, 6.45) is 12.7. The Kier molecular flexibility index (Phi) is 6.35. The van der Waals surface area contributed by atoms with E-state index in [4.69, 9.17) is 0 Å². The lowest BCUT2D eigenvalue weighted by atomic mass is 9.78. The van der Waals surface area contributed by atoms with E-state index in [-0.39, 0.29) is 0 Å². The highest BCUT2D eigenvalue weighted by molar-refractivity contribution is 4.96. The van der Waals surface area contributed by atoms with E-state index in [9.17, 15) is 0 Å². The predicted octanol–water partition coefficient (Wildman–Crippen LogP) is 4.20. The molecule has 0 aromatic heterocycles. The summed E-state index contributed by atoms with van der Waals surface area (Å²) in [5.74, 6) is 0.752. The molecule has 2 heteroatoms. The first kappa shape index (κ1) is 16.3. The van der Waals surface area contributed by atoms with E-state index in [1.807, 2.05) is 0 Å². The van der Waals surface area contributed by atoms with Crippen molar-refractivity contribution in [3.63, 3.8) is 0 Å². The standard InChI is InChI=1S/C18H36N2/c1-4-17(16(2)3)19-15-18(11-7-5-8-12-18)20-13-9-6-10-14-20/h16-17,19H,4-15H2,1-3H3. The van der Waals surface area contributed by atoms with Crippen LogP contribution in [0.25, 0.3) is 0 Å². The van der Waals surface area contributed by atoms with Gasteiger partial charge in [-0.1, -0.05) is 46.5 Å². The molecule has 0 aromatic rings. The average molecular weight is 280 g/mol. The normalized spacial score (nSPS) is 25.8. The molecule has 1 N–H and O–H groups in total. The summed E-state index contributed by atoms with van der Waals surface area (Å²) in [7, 11) is 0. The Morgan fingerprint density at radius 2 is 1.55 bits per heavy atom. The van der Waals surface area contributed by atoms with Gasteiger partial charge in [0.1, 0.15) is 0 Å². The zero-order valence-electron chi connectivity index (χ0n) is 14.1. The van der Waals surface area contributed by atoms with E-state index < -0.39 is 0 Å². The topological polar surface area (TPSA) is 15.3 Å². The number of nitrogens with zero attached hydrogens (tertiary/aromatic N) is 1.